The molecule has 0 bridgehead atoms. The lowest BCUT2D eigenvalue weighted by molar-refractivity contribution is 0.0276. The molecule has 0 aliphatic heterocycles. The Balaban J connectivity index is 1.91. The van der Waals surface area contributed by atoms with Crippen molar-refractivity contribution in [3.8, 4) is 0 Å². The highest BCUT2D eigenvalue weighted by molar-refractivity contribution is 5.13. The molecule has 2 N–H and O–H groups in total. The molecule has 0 radical (unpaired) electrons. The number of aliphatic hydroxyl groups is 1. The van der Waals surface area contributed by atoms with Crippen molar-refractivity contribution < 1.29 is 14.6 Å². The van der Waals surface area contributed by atoms with Gasteiger partial charge in [-0.2, -0.15) is 0 Å². The number of hydrogen-bond donors (Lipinski definition) is 2. The molecule has 0 heterocycles. The minimum absolute atomic E-state index is 0.337. The smallest absolute Gasteiger partial charge is 0.0897 e. The monoisotopic (exact) mass is 296 g/mol. The summed E-state index contributed by atoms with van der Waals surface area (Å²) < 4.78 is 10.9. The van der Waals surface area contributed by atoms with Crippen LogP contribution in [-0.4, -0.2) is 69.7 Å². The molecule has 0 fully saturated rings. The first kappa shape index (κ1) is 18.1. The molecule has 0 aliphatic rings. The van der Waals surface area contributed by atoms with Gasteiger partial charge < -0.3 is 24.8 Å². The lowest BCUT2D eigenvalue weighted by Gasteiger charge is -2.13. The third kappa shape index (κ3) is 10.4. The Bertz CT molecular complexity index is 347. The molecule has 1 unspecified atom stereocenters. The van der Waals surface area contributed by atoms with Crippen LogP contribution in [0.5, 0.6) is 0 Å². The van der Waals surface area contributed by atoms with E-state index in [4.69, 9.17) is 9.47 Å². The topological polar surface area (TPSA) is 54.0 Å². The Hall–Kier alpha value is -0.980. The van der Waals surface area contributed by atoms with Crippen LogP contribution < -0.4 is 5.32 Å². The van der Waals surface area contributed by atoms with Gasteiger partial charge in [0.1, 0.15) is 0 Å². The van der Waals surface area contributed by atoms with Crippen molar-refractivity contribution in [1.82, 2.24) is 10.2 Å². The number of aliphatic hydroxyl groups excluding tert-OH is 1. The van der Waals surface area contributed by atoms with Crippen molar-refractivity contribution in [2.24, 2.45) is 0 Å². The van der Waals surface area contributed by atoms with Crippen molar-refractivity contribution in [1.29, 1.82) is 0 Å². The highest BCUT2D eigenvalue weighted by atomic mass is 16.5. The van der Waals surface area contributed by atoms with Crippen LogP contribution in [0.2, 0.25) is 0 Å². The molecule has 5 nitrogen and oxygen atoms in total. The van der Waals surface area contributed by atoms with Crippen LogP contribution in [0.1, 0.15) is 5.56 Å². The summed E-state index contributed by atoms with van der Waals surface area (Å²) in [6.07, 6.45) is -0.490. The predicted octanol–water partition coefficient (Wildman–Crippen LogP) is 0.732. The highest BCUT2D eigenvalue weighted by Crippen LogP contribution is 2.00. The Kier molecular flexibility index (Phi) is 10.0. The molecule has 0 amide bonds. The van der Waals surface area contributed by atoms with Crippen molar-refractivity contribution in [2.75, 3.05) is 53.6 Å². The molecule has 5 heteroatoms. The van der Waals surface area contributed by atoms with E-state index in [2.05, 4.69) is 10.2 Å². The molecule has 0 saturated heterocycles. The maximum absolute atomic E-state index is 9.77. The van der Waals surface area contributed by atoms with E-state index < -0.39 is 6.10 Å². The molecule has 1 atom stereocenters. The van der Waals surface area contributed by atoms with E-state index in [-0.39, 0.29) is 0 Å². The summed E-state index contributed by atoms with van der Waals surface area (Å²) in [4.78, 5) is 2.08. The standard InChI is InChI=1S/C16H28N2O3/c1-18(2)9-11-20-10-8-17-12-16(19)14-21-13-15-6-4-3-5-7-15/h3-7,16-17,19H,8-14H2,1-2H3. The fraction of sp³-hybridized carbons (Fsp3) is 0.625. The number of nitrogens with zero attached hydrogens (tertiary/aromatic N) is 1. The number of likely N-dealkylation sites (N-methyl/N-ethyl adjacent to an activating group) is 1. The van der Waals surface area contributed by atoms with E-state index in [0.29, 0.717) is 26.4 Å². The average molecular weight is 296 g/mol. The van der Waals surface area contributed by atoms with Crippen molar-refractivity contribution in [3.63, 3.8) is 0 Å². The number of ether oxygens (including phenoxy) is 2. The lowest BCUT2D eigenvalue weighted by Crippen LogP contribution is -2.32. The normalized spacial score (nSPS) is 12.8. The lowest BCUT2D eigenvalue weighted by atomic mass is 10.2. The van der Waals surface area contributed by atoms with E-state index in [0.717, 1.165) is 25.3 Å². The molecule has 0 spiro atoms. The minimum Gasteiger partial charge on any atom is -0.389 e. The van der Waals surface area contributed by atoms with Gasteiger partial charge in [0, 0.05) is 19.6 Å². The van der Waals surface area contributed by atoms with Crippen molar-refractivity contribution in [2.45, 2.75) is 12.7 Å². The maximum Gasteiger partial charge on any atom is 0.0897 e. The van der Waals surface area contributed by atoms with Crippen LogP contribution in [0.25, 0.3) is 0 Å². The van der Waals surface area contributed by atoms with Gasteiger partial charge in [0.15, 0.2) is 0 Å². The Morgan fingerprint density at radius 3 is 2.62 bits per heavy atom. The fourth-order valence-corrected chi connectivity index (χ4v) is 1.71. The Labute approximate surface area is 127 Å². The van der Waals surface area contributed by atoms with Crippen molar-refractivity contribution >= 4 is 0 Å². The summed E-state index contributed by atoms with van der Waals surface area (Å²) in [6, 6.07) is 9.95. The number of benzene rings is 1. The van der Waals surface area contributed by atoms with Gasteiger partial charge in [0.05, 0.1) is 32.5 Å². The first-order valence-electron chi connectivity index (χ1n) is 7.41. The zero-order valence-corrected chi connectivity index (χ0v) is 13.1. The quantitative estimate of drug-likeness (QED) is 0.557. The SMILES string of the molecule is CN(C)CCOCCNCC(O)COCc1ccccc1. The highest BCUT2D eigenvalue weighted by Gasteiger charge is 2.03. The zero-order valence-electron chi connectivity index (χ0n) is 13.1. The third-order valence-electron chi connectivity index (χ3n) is 2.91. The molecule has 1 aromatic rings. The van der Waals surface area contributed by atoms with Gasteiger partial charge in [0.25, 0.3) is 0 Å². The molecular weight excluding hydrogens is 268 g/mol. The maximum atomic E-state index is 9.77. The molecule has 0 aromatic heterocycles. The van der Waals surface area contributed by atoms with Crippen LogP contribution in [0.4, 0.5) is 0 Å². The molecule has 1 rings (SSSR count). The van der Waals surface area contributed by atoms with Crippen LogP contribution in [-0.2, 0) is 16.1 Å². The van der Waals surface area contributed by atoms with E-state index in [1.165, 1.54) is 0 Å². The average Bonchev–Trinajstić information content (AvgIpc) is 2.47. The van der Waals surface area contributed by atoms with Gasteiger partial charge >= 0.3 is 0 Å². The Morgan fingerprint density at radius 1 is 1.14 bits per heavy atom. The van der Waals surface area contributed by atoms with Gasteiger partial charge in [-0.15, -0.1) is 0 Å². The first-order valence-corrected chi connectivity index (χ1v) is 7.41. The van der Waals surface area contributed by atoms with Gasteiger partial charge in [-0.25, -0.2) is 0 Å². The summed E-state index contributed by atoms with van der Waals surface area (Å²) >= 11 is 0. The molecule has 120 valence electrons. The van der Waals surface area contributed by atoms with E-state index in [1.807, 2.05) is 44.4 Å². The summed E-state index contributed by atoms with van der Waals surface area (Å²) in [5.41, 5.74) is 1.12. The van der Waals surface area contributed by atoms with E-state index >= 15 is 0 Å². The predicted molar refractivity (Wildman–Crippen MR) is 84.3 cm³/mol. The second-order valence-electron chi connectivity index (χ2n) is 5.27. The summed E-state index contributed by atoms with van der Waals surface area (Å²) in [5, 5.41) is 12.9. The zero-order chi connectivity index (χ0) is 15.3. The molecule has 0 aliphatic carbocycles. The number of rotatable bonds is 12. The summed E-state index contributed by atoms with van der Waals surface area (Å²) in [6.45, 7) is 4.45. The summed E-state index contributed by atoms with van der Waals surface area (Å²) in [5.74, 6) is 0. The number of hydrogen-bond acceptors (Lipinski definition) is 5. The van der Waals surface area contributed by atoms with Crippen LogP contribution in [0.3, 0.4) is 0 Å². The fourth-order valence-electron chi connectivity index (χ4n) is 1.71. The van der Waals surface area contributed by atoms with Crippen LogP contribution in [0.15, 0.2) is 30.3 Å². The second-order valence-corrected chi connectivity index (χ2v) is 5.27. The first-order chi connectivity index (χ1) is 10.2. The molecule has 0 saturated carbocycles. The second kappa shape index (κ2) is 11.7. The largest absolute Gasteiger partial charge is 0.389 e. The van der Waals surface area contributed by atoms with Crippen LogP contribution in [0, 0.1) is 0 Å². The van der Waals surface area contributed by atoms with E-state index in [9.17, 15) is 5.11 Å². The third-order valence-corrected chi connectivity index (χ3v) is 2.91. The molecule has 21 heavy (non-hydrogen) atoms. The number of nitrogens with one attached hydrogen (secondary N) is 1. The Morgan fingerprint density at radius 2 is 1.90 bits per heavy atom. The molecular formula is C16H28N2O3. The minimum atomic E-state index is -0.490. The van der Waals surface area contributed by atoms with Gasteiger partial charge in [-0.05, 0) is 19.7 Å². The van der Waals surface area contributed by atoms with E-state index in [1.54, 1.807) is 0 Å². The van der Waals surface area contributed by atoms with Gasteiger partial charge in [-0.3, -0.25) is 0 Å². The van der Waals surface area contributed by atoms with Gasteiger partial charge in [0.2, 0.25) is 0 Å². The summed E-state index contributed by atoms with van der Waals surface area (Å²) in [7, 11) is 4.04. The van der Waals surface area contributed by atoms with Crippen molar-refractivity contribution in [3.05, 3.63) is 35.9 Å². The van der Waals surface area contributed by atoms with Gasteiger partial charge in [-0.1, -0.05) is 30.3 Å². The van der Waals surface area contributed by atoms with Crippen LogP contribution >= 0.6 is 0 Å². The molecule has 1 aromatic carbocycles.